The first kappa shape index (κ1) is 18.5. The lowest BCUT2D eigenvalue weighted by atomic mass is 10.1. The van der Waals surface area contributed by atoms with Gasteiger partial charge in [-0.3, -0.25) is 4.79 Å². The van der Waals surface area contributed by atoms with Crippen molar-refractivity contribution in [3.8, 4) is 5.88 Å². The number of anilines is 2. The molecule has 0 bridgehead atoms. The number of methoxy groups -OCH3 is 1. The molecule has 1 aromatic carbocycles. The molecule has 1 aromatic heterocycles. The first-order chi connectivity index (χ1) is 13.7. The molecule has 2 aromatic rings. The van der Waals surface area contributed by atoms with E-state index >= 15 is 0 Å². The Bertz CT molecular complexity index is 844. The maximum atomic E-state index is 12.4. The summed E-state index contributed by atoms with van der Waals surface area (Å²) in [5.74, 6) is 1.40. The number of aryl methyl sites for hydroxylation is 1. The maximum Gasteiger partial charge on any atom is 0.258 e. The number of carbonyl (C=O) groups excluding carboxylic acids is 1. The summed E-state index contributed by atoms with van der Waals surface area (Å²) in [7, 11) is 1.54. The van der Waals surface area contributed by atoms with E-state index in [2.05, 4.69) is 56.3 Å². The SMILES string of the molecule is COc1nc(N2CCN(c3ccccc3C)CC2)ncc1C(=O)NCC1CC1. The number of carbonyl (C=O) groups is 1. The van der Waals surface area contributed by atoms with E-state index in [9.17, 15) is 4.79 Å². The van der Waals surface area contributed by atoms with Crippen molar-refractivity contribution in [2.45, 2.75) is 19.8 Å². The van der Waals surface area contributed by atoms with Gasteiger partial charge in [0.1, 0.15) is 5.56 Å². The van der Waals surface area contributed by atoms with E-state index in [0.717, 1.165) is 26.2 Å². The van der Waals surface area contributed by atoms with Crippen molar-refractivity contribution in [1.82, 2.24) is 15.3 Å². The van der Waals surface area contributed by atoms with Gasteiger partial charge in [0, 0.05) is 44.6 Å². The molecule has 28 heavy (non-hydrogen) atoms. The summed E-state index contributed by atoms with van der Waals surface area (Å²) in [4.78, 5) is 25.9. The van der Waals surface area contributed by atoms with Crippen LogP contribution in [0.1, 0.15) is 28.8 Å². The number of amides is 1. The van der Waals surface area contributed by atoms with Gasteiger partial charge in [-0.25, -0.2) is 4.98 Å². The highest BCUT2D eigenvalue weighted by Gasteiger charge is 2.25. The molecule has 0 unspecified atom stereocenters. The molecule has 0 atom stereocenters. The minimum atomic E-state index is -0.167. The lowest BCUT2D eigenvalue weighted by molar-refractivity contribution is 0.0947. The zero-order valence-corrected chi connectivity index (χ0v) is 16.5. The molecule has 148 valence electrons. The number of hydrogen-bond acceptors (Lipinski definition) is 6. The Labute approximate surface area is 165 Å². The molecule has 1 saturated heterocycles. The Morgan fingerprint density at radius 2 is 1.89 bits per heavy atom. The molecule has 4 rings (SSSR count). The standard InChI is InChI=1S/C21H27N5O2/c1-15-5-3-4-6-18(15)25-9-11-26(12-10-25)21-23-14-17(20(24-21)28-2)19(27)22-13-16-7-8-16/h3-6,14,16H,7-13H2,1-2H3,(H,22,27). The predicted molar refractivity (Wildman–Crippen MR) is 109 cm³/mol. The van der Waals surface area contributed by atoms with Crippen LogP contribution in [-0.4, -0.2) is 55.7 Å². The van der Waals surface area contributed by atoms with E-state index in [1.165, 1.54) is 24.1 Å². The van der Waals surface area contributed by atoms with Crippen molar-refractivity contribution < 1.29 is 9.53 Å². The third-order valence-electron chi connectivity index (χ3n) is 5.45. The first-order valence-electron chi connectivity index (χ1n) is 9.90. The summed E-state index contributed by atoms with van der Waals surface area (Å²) in [6.45, 7) is 6.31. The number of para-hydroxylation sites is 1. The van der Waals surface area contributed by atoms with Crippen LogP contribution in [0.3, 0.4) is 0 Å². The lowest BCUT2D eigenvalue weighted by Gasteiger charge is -2.36. The van der Waals surface area contributed by atoms with E-state index in [1.54, 1.807) is 13.3 Å². The fraction of sp³-hybridized carbons (Fsp3) is 0.476. The quantitative estimate of drug-likeness (QED) is 0.828. The summed E-state index contributed by atoms with van der Waals surface area (Å²) < 4.78 is 5.38. The van der Waals surface area contributed by atoms with Crippen molar-refractivity contribution in [3.05, 3.63) is 41.6 Å². The summed E-state index contributed by atoms with van der Waals surface area (Å²) in [5.41, 5.74) is 2.96. The molecule has 1 amide bonds. The van der Waals surface area contributed by atoms with Crippen molar-refractivity contribution in [1.29, 1.82) is 0 Å². The largest absolute Gasteiger partial charge is 0.480 e. The van der Waals surface area contributed by atoms with Crippen LogP contribution in [0.25, 0.3) is 0 Å². The Balaban J connectivity index is 1.42. The van der Waals surface area contributed by atoms with Crippen LogP contribution >= 0.6 is 0 Å². The predicted octanol–water partition coefficient (Wildman–Crippen LogP) is 2.26. The van der Waals surface area contributed by atoms with Crippen LogP contribution in [0, 0.1) is 12.8 Å². The van der Waals surface area contributed by atoms with Gasteiger partial charge in [-0.05, 0) is 37.3 Å². The van der Waals surface area contributed by atoms with Gasteiger partial charge in [0.15, 0.2) is 0 Å². The van der Waals surface area contributed by atoms with Crippen LogP contribution in [0.15, 0.2) is 30.5 Å². The van der Waals surface area contributed by atoms with Gasteiger partial charge in [-0.1, -0.05) is 18.2 Å². The molecule has 1 aliphatic heterocycles. The molecule has 1 aliphatic carbocycles. The second-order valence-corrected chi connectivity index (χ2v) is 7.51. The number of nitrogens with one attached hydrogen (secondary N) is 1. The molecule has 2 heterocycles. The normalized spacial score (nSPS) is 16.8. The van der Waals surface area contributed by atoms with Gasteiger partial charge in [0.05, 0.1) is 7.11 Å². The van der Waals surface area contributed by atoms with E-state index in [4.69, 9.17) is 4.74 Å². The fourth-order valence-electron chi connectivity index (χ4n) is 3.54. The summed E-state index contributed by atoms with van der Waals surface area (Å²) >= 11 is 0. The zero-order chi connectivity index (χ0) is 19.5. The second-order valence-electron chi connectivity index (χ2n) is 7.51. The van der Waals surface area contributed by atoms with Crippen LogP contribution in [0.4, 0.5) is 11.6 Å². The minimum absolute atomic E-state index is 0.167. The molecule has 7 nitrogen and oxygen atoms in total. The highest BCUT2D eigenvalue weighted by molar-refractivity contribution is 5.96. The first-order valence-corrected chi connectivity index (χ1v) is 9.90. The van der Waals surface area contributed by atoms with Gasteiger partial charge in [-0.15, -0.1) is 0 Å². The summed E-state index contributed by atoms with van der Waals surface area (Å²) in [6, 6.07) is 8.45. The van der Waals surface area contributed by atoms with Gasteiger partial charge in [0.25, 0.3) is 5.91 Å². The van der Waals surface area contributed by atoms with Gasteiger partial charge >= 0.3 is 0 Å². The molecule has 2 fully saturated rings. The van der Waals surface area contributed by atoms with Crippen LogP contribution < -0.4 is 19.9 Å². The smallest absolute Gasteiger partial charge is 0.258 e. The number of ether oxygens (including phenoxy) is 1. The van der Waals surface area contributed by atoms with Gasteiger partial charge in [0.2, 0.25) is 11.8 Å². The number of piperazine rings is 1. The molecule has 1 saturated carbocycles. The third-order valence-corrected chi connectivity index (χ3v) is 5.45. The van der Waals surface area contributed by atoms with Crippen LogP contribution in [-0.2, 0) is 0 Å². The monoisotopic (exact) mass is 381 g/mol. The fourth-order valence-corrected chi connectivity index (χ4v) is 3.54. The highest BCUT2D eigenvalue weighted by atomic mass is 16.5. The van der Waals surface area contributed by atoms with Crippen molar-refractivity contribution in [3.63, 3.8) is 0 Å². The molecular formula is C21H27N5O2. The molecule has 1 N–H and O–H groups in total. The van der Waals surface area contributed by atoms with E-state index in [1.807, 2.05) is 0 Å². The number of hydrogen-bond donors (Lipinski definition) is 1. The average Bonchev–Trinajstić information content (AvgIpc) is 3.56. The molecule has 0 spiro atoms. The van der Waals surface area contributed by atoms with Crippen molar-refractivity contribution in [2.75, 3.05) is 49.6 Å². The second kappa shape index (κ2) is 8.04. The highest BCUT2D eigenvalue weighted by Crippen LogP contribution is 2.28. The molecule has 7 heteroatoms. The molecule has 0 radical (unpaired) electrons. The van der Waals surface area contributed by atoms with Crippen LogP contribution in [0.2, 0.25) is 0 Å². The Hall–Kier alpha value is -2.83. The van der Waals surface area contributed by atoms with Gasteiger partial charge in [-0.2, -0.15) is 4.98 Å². The summed E-state index contributed by atoms with van der Waals surface area (Å²) in [6.07, 6.45) is 3.97. The molecular weight excluding hydrogens is 354 g/mol. The minimum Gasteiger partial charge on any atom is -0.480 e. The zero-order valence-electron chi connectivity index (χ0n) is 16.5. The lowest BCUT2D eigenvalue weighted by Crippen LogP contribution is -2.47. The Morgan fingerprint density at radius 1 is 1.18 bits per heavy atom. The van der Waals surface area contributed by atoms with E-state index < -0.39 is 0 Å². The van der Waals surface area contributed by atoms with Crippen LogP contribution in [0.5, 0.6) is 5.88 Å². The van der Waals surface area contributed by atoms with Crippen molar-refractivity contribution >= 4 is 17.5 Å². The number of aromatic nitrogens is 2. The average molecular weight is 381 g/mol. The maximum absolute atomic E-state index is 12.4. The third kappa shape index (κ3) is 4.03. The van der Waals surface area contributed by atoms with Crippen molar-refractivity contribution in [2.24, 2.45) is 5.92 Å². The number of nitrogens with zero attached hydrogens (tertiary/aromatic N) is 4. The number of benzene rings is 1. The van der Waals surface area contributed by atoms with E-state index in [0.29, 0.717) is 29.9 Å². The Kier molecular flexibility index (Phi) is 5.32. The number of rotatable bonds is 6. The molecule has 2 aliphatic rings. The summed E-state index contributed by atoms with van der Waals surface area (Å²) in [5, 5.41) is 2.94. The van der Waals surface area contributed by atoms with Gasteiger partial charge < -0.3 is 19.9 Å². The Morgan fingerprint density at radius 3 is 2.57 bits per heavy atom. The topological polar surface area (TPSA) is 70.6 Å². The van der Waals surface area contributed by atoms with E-state index in [-0.39, 0.29) is 5.91 Å².